The van der Waals surface area contributed by atoms with E-state index >= 15 is 0 Å². The Morgan fingerprint density at radius 1 is 1.15 bits per heavy atom. The van der Waals surface area contributed by atoms with E-state index in [2.05, 4.69) is 0 Å². The van der Waals surface area contributed by atoms with Gasteiger partial charge in [-0.15, -0.1) is 0 Å². The molecule has 102 valence electrons. The van der Waals surface area contributed by atoms with Gasteiger partial charge in [-0.25, -0.2) is 0 Å². The first-order valence-electron chi connectivity index (χ1n) is 6.37. The highest BCUT2D eigenvalue weighted by Crippen LogP contribution is 2.44. The van der Waals surface area contributed by atoms with Crippen LogP contribution in [0, 0.1) is 5.41 Å². The van der Waals surface area contributed by atoms with Crippen molar-refractivity contribution in [3.05, 3.63) is 59.7 Å². The van der Waals surface area contributed by atoms with Crippen molar-refractivity contribution < 1.29 is 14.6 Å². The number of benzene rings is 2. The average molecular weight is 269 g/mol. The zero-order valence-corrected chi connectivity index (χ0v) is 11.0. The standard InChI is InChI=1S/C16H15NO3/c1-19-15-12-9-11(18)7-8-13(12)20-16(17)14(15)10-5-3-2-4-6-10/h2-9,14-15,17-18H,1H3. The predicted octanol–water partition coefficient (Wildman–Crippen LogP) is 3.23. The number of hydrogen-bond acceptors (Lipinski definition) is 4. The van der Waals surface area contributed by atoms with Gasteiger partial charge in [0, 0.05) is 12.7 Å². The van der Waals surface area contributed by atoms with E-state index in [4.69, 9.17) is 14.9 Å². The summed E-state index contributed by atoms with van der Waals surface area (Å²) >= 11 is 0. The number of phenolic OH excluding ortho intramolecular Hbond substituents is 1. The van der Waals surface area contributed by atoms with Crippen LogP contribution in [-0.4, -0.2) is 18.1 Å². The van der Waals surface area contributed by atoms with Crippen LogP contribution in [-0.2, 0) is 4.74 Å². The molecule has 0 saturated carbocycles. The summed E-state index contributed by atoms with van der Waals surface area (Å²) in [7, 11) is 1.60. The van der Waals surface area contributed by atoms with Crippen molar-refractivity contribution in [3.8, 4) is 11.5 Å². The molecule has 20 heavy (non-hydrogen) atoms. The van der Waals surface area contributed by atoms with Crippen LogP contribution in [0.4, 0.5) is 0 Å². The minimum atomic E-state index is -0.347. The molecule has 2 atom stereocenters. The van der Waals surface area contributed by atoms with Gasteiger partial charge in [0.25, 0.3) is 0 Å². The molecule has 0 bridgehead atoms. The SMILES string of the molecule is COC1c2cc(O)ccc2OC(=N)C1c1ccccc1. The summed E-state index contributed by atoms with van der Waals surface area (Å²) in [5, 5.41) is 17.8. The summed E-state index contributed by atoms with van der Waals surface area (Å²) in [5.41, 5.74) is 1.72. The highest BCUT2D eigenvalue weighted by Gasteiger charge is 2.36. The van der Waals surface area contributed by atoms with Gasteiger partial charge >= 0.3 is 0 Å². The number of methoxy groups -OCH3 is 1. The molecule has 3 rings (SSSR count). The summed E-state index contributed by atoms with van der Waals surface area (Å²) < 4.78 is 11.2. The maximum atomic E-state index is 9.66. The lowest BCUT2D eigenvalue weighted by atomic mass is 9.86. The number of fused-ring (bicyclic) bond motifs is 1. The fraction of sp³-hybridized carbons (Fsp3) is 0.188. The number of rotatable bonds is 2. The minimum Gasteiger partial charge on any atom is -0.508 e. The Bertz CT molecular complexity index is 639. The van der Waals surface area contributed by atoms with Crippen LogP contribution in [0.15, 0.2) is 48.5 Å². The fourth-order valence-electron chi connectivity index (χ4n) is 2.60. The molecule has 4 heteroatoms. The van der Waals surface area contributed by atoms with Crippen molar-refractivity contribution in [2.24, 2.45) is 0 Å². The van der Waals surface area contributed by atoms with E-state index in [-0.39, 0.29) is 23.7 Å². The molecule has 2 unspecified atom stereocenters. The van der Waals surface area contributed by atoms with Gasteiger partial charge in [-0.1, -0.05) is 30.3 Å². The van der Waals surface area contributed by atoms with Crippen molar-refractivity contribution in [3.63, 3.8) is 0 Å². The summed E-state index contributed by atoms with van der Waals surface area (Å²) in [6.45, 7) is 0. The Kier molecular flexibility index (Phi) is 3.16. The Morgan fingerprint density at radius 3 is 2.60 bits per heavy atom. The summed E-state index contributed by atoms with van der Waals surface area (Å²) in [4.78, 5) is 0. The van der Waals surface area contributed by atoms with Crippen molar-refractivity contribution in [1.82, 2.24) is 0 Å². The van der Waals surface area contributed by atoms with Gasteiger partial charge in [-0.3, -0.25) is 5.41 Å². The largest absolute Gasteiger partial charge is 0.508 e. The second-order valence-electron chi connectivity index (χ2n) is 4.73. The first kappa shape index (κ1) is 12.7. The van der Waals surface area contributed by atoms with Crippen LogP contribution in [0.2, 0.25) is 0 Å². The Balaban J connectivity index is 2.10. The topological polar surface area (TPSA) is 62.5 Å². The van der Waals surface area contributed by atoms with E-state index in [1.165, 1.54) is 0 Å². The number of nitrogens with one attached hydrogen (secondary N) is 1. The van der Waals surface area contributed by atoms with Crippen LogP contribution in [0.5, 0.6) is 11.5 Å². The molecule has 1 aliphatic heterocycles. The van der Waals surface area contributed by atoms with Gasteiger partial charge in [0.2, 0.25) is 0 Å². The lowest BCUT2D eigenvalue weighted by Gasteiger charge is -2.33. The molecule has 0 amide bonds. The van der Waals surface area contributed by atoms with Crippen LogP contribution in [0.25, 0.3) is 0 Å². The third kappa shape index (κ3) is 2.04. The summed E-state index contributed by atoms with van der Waals surface area (Å²) in [6, 6.07) is 14.5. The first-order chi connectivity index (χ1) is 9.70. The quantitative estimate of drug-likeness (QED) is 0.879. The van der Waals surface area contributed by atoms with E-state index in [9.17, 15) is 5.11 Å². The fourth-order valence-corrected chi connectivity index (χ4v) is 2.60. The molecule has 0 aromatic heterocycles. The molecular weight excluding hydrogens is 254 g/mol. The molecule has 0 radical (unpaired) electrons. The third-order valence-electron chi connectivity index (χ3n) is 3.52. The lowest BCUT2D eigenvalue weighted by Crippen LogP contribution is -2.30. The van der Waals surface area contributed by atoms with Crippen molar-refractivity contribution in [2.75, 3.05) is 7.11 Å². The number of aromatic hydroxyl groups is 1. The van der Waals surface area contributed by atoms with Gasteiger partial charge < -0.3 is 14.6 Å². The van der Waals surface area contributed by atoms with Crippen molar-refractivity contribution in [2.45, 2.75) is 12.0 Å². The van der Waals surface area contributed by atoms with Gasteiger partial charge in [0.1, 0.15) is 17.6 Å². The molecule has 2 aromatic rings. The number of hydrogen-bond donors (Lipinski definition) is 2. The maximum Gasteiger partial charge on any atom is 0.197 e. The zero-order chi connectivity index (χ0) is 14.1. The smallest absolute Gasteiger partial charge is 0.197 e. The van der Waals surface area contributed by atoms with Gasteiger partial charge in [-0.05, 0) is 23.8 Å². The Hall–Kier alpha value is -2.33. The highest BCUT2D eigenvalue weighted by atomic mass is 16.5. The second-order valence-corrected chi connectivity index (χ2v) is 4.73. The molecule has 0 spiro atoms. The summed E-state index contributed by atoms with van der Waals surface area (Å²) in [5.74, 6) is 0.568. The van der Waals surface area contributed by atoms with E-state index < -0.39 is 0 Å². The maximum absolute atomic E-state index is 9.66. The van der Waals surface area contributed by atoms with Crippen molar-refractivity contribution in [1.29, 1.82) is 5.41 Å². The molecule has 0 aliphatic carbocycles. The Morgan fingerprint density at radius 2 is 1.90 bits per heavy atom. The van der Waals surface area contributed by atoms with Crippen LogP contribution < -0.4 is 4.74 Å². The molecule has 1 aliphatic rings. The average Bonchev–Trinajstić information content (AvgIpc) is 2.47. The van der Waals surface area contributed by atoms with E-state index in [0.717, 1.165) is 11.1 Å². The van der Waals surface area contributed by atoms with Crippen molar-refractivity contribution >= 4 is 5.90 Å². The normalized spacial score (nSPS) is 21.1. The summed E-state index contributed by atoms with van der Waals surface area (Å²) in [6.07, 6.45) is -0.347. The molecule has 2 N–H and O–H groups in total. The molecule has 4 nitrogen and oxygen atoms in total. The van der Waals surface area contributed by atoms with E-state index in [0.29, 0.717) is 5.75 Å². The first-order valence-corrected chi connectivity index (χ1v) is 6.37. The Labute approximate surface area is 117 Å². The molecule has 0 saturated heterocycles. The molecular formula is C16H15NO3. The molecule has 2 aromatic carbocycles. The van der Waals surface area contributed by atoms with Crippen LogP contribution >= 0.6 is 0 Å². The zero-order valence-electron chi connectivity index (χ0n) is 11.0. The van der Waals surface area contributed by atoms with Crippen LogP contribution in [0.3, 0.4) is 0 Å². The van der Waals surface area contributed by atoms with Gasteiger partial charge in [0.15, 0.2) is 5.90 Å². The third-order valence-corrected chi connectivity index (χ3v) is 3.52. The molecule has 0 fully saturated rings. The second kappa shape index (κ2) is 4.98. The predicted molar refractivity (Wildman–Crippen MR) is 75.4 cm³/mol. The van der Waals surface area contributed by atoms with Gasteiger partial charge in [0.05, 0.1) is 5.92 Å². The minimum absolute atomic E-state index is 0.154. The number of ether oxygens (including phenoxy) is 2. The monoisotopic (exact) mass is 269 g/mol. The lowest BCUT2D eigenvalue weighted by molar-refractivity contribution is 0.0831. The highest BCUT2D eigenvalue weighted by molar-refractivity contribution is 5.86. The number of phenols is 1. The van der Waals surface area contributed by atoms with Crippen LogP contribution in [0.1, 0.15) is 23.1 Å². The van der Waals surface area contributed by atoms with E-state index in [1.54, 1.807) is 25.3 Å². The van der Waals surface area contributed by atoms with Gasteiger partial charge in [-0.2, -0.15) is 0 Å². The molecule has 1 heterocycles. The van der Waals surface area contributed by atoms with E-state index in [1.807, 2.05) is 30.3 Å².